The number of sulfonamides is 1. The molecule has 1 atom stereocenters. The molecule has 0 saturated heterocycles. The number of alkyl halides is 3. The van der Waals surface area contributed by atoms with Gasteiger partial charge in [0, 0.05) is 30.4 Å². The quantitative estimate of drug-likeness (QED) is 0.441. The van der Waals surface area contributed by atoms with Gasteiger partial charge in [0.15, 0.2) is 5.15 Å². The van der Waals surface area contributed by atoms with Gasteiger partial charge in [-0.1, -0.05) is 11.6 Å². The maximum atomic E-state index is 13.9. The predicted molar refractivity (Wildman–Crippen MR) is 137 cm³/mol. The molecule has 15 heteroatoms. The van der Waals surface area contributed by atoms with Crippen LogP contribution in [0.3, 0.4) is 0 Å². The Labute approximate surface area is 229 Å². The molecule has 0 fully saturated rings. The van der Waals surface area contributed by atoms with Crippen LogP contribution in [0.5, 0.6) is 5.75 Å². The number of amides is 1. The standard InChI is InChI=1S/C24H29ClF3N5O5S/c1-7-32-12-18(20(25)31-32)39(35,36)33-11-15(10-22(3,4)13-29)37-17-9-8-16(14(2)19(17)33)30-21(34)38-23(5,6)24(26,27)28/h8-9,12,15H,7,10-11H2,1-6H3,(H,30,34)/t15-/m1/s1. The van der Waals surface area contributed by atoms with E-state index in [1.807, 2.05) is 0 Å². The van der Waals surface area contributed by atoms with Crippen molar-refractivity contribution in [2.75, 3.05) is 16.2 Å². The topological polar surface area (TPSA) is 127 Å². The molecule has 1 aromatic carbocycles. The number of halogens is 4. The molecule has 2 heterocycles. The molecule has 0 saturated carbocycles. The smallest absolute Gasteiger partial charge is 0.427 e. The lowest BCUT2D eigenvalue weighted by Gasteiger charge is -2.38. The van der Waals surface area contributed by atoms with Gasteiger partial charge in [0.25, 0.3) is 10.0 Å². The van der Waals surface area contributed by atoms with Gasteiger partial charge in [-0.25, -0.2) is 13.2 Å². The van der Waals surface area contributed by atoms with Crippen molar-refractivity contribution in [3.8, 4) is 11.8 Å². The van der Waals surface area contributed by atoms with Crippen LogP contribution in [0.2, 0.25) is 5.15 Å². The number of aromatic nitrogens is 2. The van der Waals surface area contributed by atoms with Crippen molar-refractivity contribution in [2.24, 2.45) is 5.41 Å². The molecule has 1 aromatic heterocycles. The molecule has 10 nitrogen and oxygen atoms in total. The molecule has 2 aromatic rings. The van der Waals surface area contributed by atoms with E-state index in [-0.39, 0.29) is 45.7 Å². The van der Waals surface area contributed by atoms with Gasteiger partial charge < -0.3 is 9.47 Å². The van der Waals surface area contributed by atoms with E-state index in [1.165, 1.54) is 29.9 Å². The minimum Gasteiger partial charge on any atom is -0.486 e. The van der Waals surface area contributed by atoms with Crippen molar-refractivity contribution >= 4 is 39.1 Å². The van der Waals surface area contributed by atoms with E-state index in [0.717, 1.165) is 4.31 Å². The number of benzene rings is 1. The molecule has 0 spiro atoms. The van der Waals surface area contributed by atoms with Gasteiger partial charge in [0.05, 0.1) is 23.7 Å². The van der Waals surface area contributed by atoms with Crippen LogP contribution in [0.15, 0.2) is 23.2 Å². The van der Waals surface area contributed by atoms with Crippen LogP contribution in [-0.4, -0.2) is 48.7 Å². The van der Waals surface area contributed by atoms with E-state index in [4.69, 9.17) is 16.3 Å². The van der Waals surface area contributed by atoms with Crippen LogP contribution in [0.25, 0.3) is 0 Å². The molecule has 1 aliphatic heterocycles. The number of ether oxygens (including phenoxy) is 2. The van der Waals surface area contributed by atoms with Crippen molar-refractivity contribution < 1.29 is 35.9 Å². The molecule has 0 bridgehead atoms. The highest BCUT2D eigenvalue weighted by Crippen LogP contribution is 2.44. The van der Waals surface area contributed by atoms with Crippen LogP contribution >= 0.6 is 11.6 Å². The van der Waals surface area contributed by atoms with E-state index in [1.54, 1.807) is 20.8 Å². The summed E-state index contributed by atoms with van der Waals surface area (Å²) in [4.78, 5) is 12.1. The zero-order valence-corrected chi connectivity index (χ0v) is 23.8. The predicted octanol–water partition coefficient (Wildman–Crippen LogP) is 5.65. The Morgan fingerprint density at radius 3 is 2.49 bits per heavy atom. The summed E-state index contributed by atoms with van der Waals surface area (Å²) in [6.07, 6.45) is -5.45. The van der Waals surface area contributed by atoms with Gasteiger partial charge in [-0.2, -0.15) is 23.5 Å². The number of fused-ring (bicyclic) bond motifs is 1. The minimum absolute atomic E-state index is 0.00618. The first-order valence-corrected chi connectivity index (χ1v) is 13.7. The van der Waals surface area contributed by atoms with Crippen LogP contribution in [0, 0.1) is 23.7 Å². The Morgan fingerprint density at radius 2 is 1.95 bits per heavy atom. The molecule has 1 N–H and O–H groups in total. The number of rotatable bonds is 7. The second-order valence-electron chi connectivity index (χ2n) is 10.2. The lowest BCUT2D eigenvalue weighted by molar-refractivity contribution is -0.242. The van der Waals surface area contributed by atoms with E-state index in [2.05, 4.69) is 21.2 Å². The van der Waals surface area contributed by atoms with Gasteiger partial charge in [0.1, 0.15) is 16.7 Å². The number of carbonyl (C=O) groups is 1. The third kappa shape index (κ3) is 6.19. The number of hydrogen-bond donors (Lipinski definition) is 1. The Morgan fingerprint density at radius 1 is 1.31 bits per heavy atom. The normalized spacial score (nSPS) is 16.2. The van der Waals surface area contributed by atoms with Crippen molar-refractivity contribution in [3.05, 3.63) is 29.0 Å². The fraction of sp³-hybridized carbons (Fsp3) is 0.542. The first-order chi connectivity index (χ1) is 17.8. The summed E-state index contributed by atoms with van der Waals surface area (Å²) in [7, 11) is -4.34. The van der Waals surface area contributed by atoms with Crippen molar-refractivity contribution in [3.63, 3.8) is 0 Å². The first-order valence-electron chi connectivity index (χ1n) is 11.9. The van der Waals surface area contributed by atoms with E-state index >= 15 is 0 Å². The Hall–Kier alpha value is -3.18. The average Bonchev–Trinajstić information content (AvgIpc) is 3.20. The summed E-state index contributed by atoms with van der Waals surface area (Å²) < 4.78 is 80.4. The van der Waals surface area contributed by atoms with Crippen LogP contribution in [0.1, 0.15) is 46.6 Å². The van der Waals surface area contributed by atoms with Crippen molar-refractivity contribution in [1.29, 1.82) is 5.26 Å². The molecular weight excluding hydrogens is 563 g/mol. The SMILES string of the molecule is CCn1cc(S(=O)(=O)N2C[C@@H](CC(C)(C)C#N)Oc3ccc(NC(=O)OC(C)(C)C(F)(F)F)c(C)c32)c(Cl)n1. The molecule has 0 aliphatic carbocycles. The number of anilines is 2. The number of nitrogens with zero attached hydrogens (tertiary/aromatic N) is 4. The largest absolute Gasteiger partial charge is 0.486 e. The molecule has 1 aliphatic rings. The lowest BCUT2D eigenvalue weighted by Crippen LogP contribution is -2.45. The van der Waals surface area contributed by atoms with Crippen LogP contribution in [-0.2, 0) is 21.3 Å². The fourth-order valence-corrected chi connectivity index (χ4v) is 5.92. The van der Waals surface area contributed by atoms with Gasteiger partial charge in [-0.3, -0.25) is 14.3 Å². The zero-order chi connectivity index (χ0) is 29.6. The maximum Gasteiger partial charge on any atom is 0.427 e. The number of hydrogen-bond acceptors (Lipinski definition) is 7. The van der Waals surface area contributed by atoms with Crippen LogP contribution in [0.4, 0.5) is 29.3 Å². The Bertz CT molecular complexity index is 1420. The molecule has 39 heavy (non-hydrogen) atoms. The molecule has 214 valence electrons. The lowest BCUT2D eigenvalue weighted by atomic mass is 9.88. The third-order valence-corrected chi connectivity index (χ3v) is 8.35. The molecule has 1 amide bonds. The highest BCUT2D eigenvalue weighted by atomic mass is 35.5. The Kier molecular flexibility index (Phi) is 8.11. The highest BCUT2D eigenvalue weighted by Gasteiger charge is 2.51. The summed E-state index contributed by atoms with van der Waals surface area (Å²) in [6, 6.07) is 4.91. The van der Waals surface area contributed by atoms with Gasteiger partial charge in [0.2, 0.25) is 5.60 Å². The number of aryl methyl sites for hydroxylation is 1. The van der Waals surface area contributed by atoms with E-state index in [9.17, 15) is 31.6 Å². The fourth-order valence-electron chi connectivity index (χ4n) is 3.91. The summed E-state index contributed by atoms with van der Waals surface area (Å²) in [6.45, 7) is 8.19. The minimum atomic E-state index is -4.82. The molecule has 0 unspecified atom stereocenters. The zero-order valence-electron chi connectivity index (χ0n) is 22.2. The molecule has 3 rings (SSSR count). The summed E-state index contributed by atoms with van der Waals surface area (Å²) in [5, 5.41) is 15.5. The third-order valence-electron chi connectivity index (χ3n) is 6.19. The maximum absolute atomic E-state index is 13.9. The van der Waals surface area contributed by atoms with Gasteiger partial charge in [-0.05, 0) is 53.7 Å². The molecular formula is C24H29ClF3N5O5S. The highest BCUT2D eigenvalue weighted by molar-refractivity contribution is 7.93. The first kappa shape index (κ1) is 30.4. The number of nitrogens with one attached hydrogen (secondary N) is 1. The molecule has 0 radical (unpaired) electrons. The second kappa shape index (κ2) is 10.4. The Balaban J connectivity index is 2.08. The van der Waals surface area contributed by atoms with Crippen molar-refractivity contribution in [1.82, 2.24) is 9.78 Å². The van der Waals surface area contributed by atoms with E-state index in [0.29, 0.717) is 20.4 Å². The van der Waals surface area contributed by atoms with Gasteiger partial charge in [-0.15, -0.1) is 0 Å². The van der Waals surface area contributed by atoms with Gasteiger partial charge >= 0.3 is 12.3 Å². The summed E-state index contributed by atoms with van der Waals surface area (Å²) in [5.41, 5.74) is -3.36. The average molecular weight is 592 g/mol. The van der Waals surface area contributed by atoms with Crippen molar-refractivity contribution in [2.45, 2.75) is 77.3 Å². The van der Waals surface area contributed by atoms with Crippen LogP contribution < -0.4 is 14.4 Å². The van der Waals surface area contributed by atoms with E-state index < -0.39 is 39.4 Å². The number of carbonyl (C=O) groups excluding carboxylic acids is 1. The summed E-state index contributed by atoms with van der Waals surface area (Å²) in [5.74, 6) is 0.134. The second-order valence-corrected chi connectivity index (χ2v) is 12.4. The summed E-state index contributed by atoms with van der Waals surface area (Å²) >= 11 is 6.18. The monoisotopic (exact) mass is 591 g/mol. The number of nitriles is 1.